The summed E-state index contributed by atoms with van der Waals surface area (Å²) < 4.78 is 36.9. The van der Waals surface area contributed by atoms with Gasteiger partial charge in [0.1, 0.15) is 5.69 Å². The fourth-order valence-electron chi connectivity index (χ4n) is 1.99. The Hall–Kier alpha value is -1.57. The number of carbonyl (C=O) groups is 1. The number of nitrogens with zero attached hydrogens (tertiary/aromatic N) is 1. The number of nitrogens with one attached hydrogen (secondary N) is 2. The molecule has 4 N–H and O–H groups in total. The van der Waals surface area contributed by atoms with Crippen molar-refractivity contribution in [2.75, 3.05) is 0 Å². The smallest absolute Gasteiger partial charge is 0.348 e. The molecular formula is C10H13F3N4O. The van der Waals surface area contributed by atoms with Gasteiger partial charge in [0.05, 0.1) is 0 Å². The maximum atomic E-state index is 12.3. The Morgan fingerprint density at radius 2 is 2.22 bits per heavy atom. The van der Waals surface area contributed by atoms with Gasteiger partial charge in [-0.05, 0) is 19.3 Å². The number of rotatable bonds is 2. The van der Waals surface area contributed by atoms with Crippen LogP contribution in [0.1, 0.15) is 35.4 Å². The Bertz CT molecular complexity index is 443. The summed E-state index contributed by atoms with van der Waals surface area (Å²) in [5, 5.41) is 7.78. The second-order valence-electron chi connectivity index (χ2n) is 4.41. The van der Waals surface area contributed by atoms with Crippen LogP contribution < -0.4 is 11.1 Å². The van der Waals surface area contributed by atoms with E-state index in [-0.39, 0.29) is 17.8 Å². The van der Waals surface area contributed by atoms with Crippen molar-refractivity contribution in [2.45, 2.75) is 37.5 Å². The fourth-order valence-corrected chi connectivity index (χ4v) is 1.99. The molecule has 0 saturated heterocycles. The molecule has 8 heteroatoms. The molecule has 0 radical (unpaired) electrons. The van der Waals surface area contributed by atoms with Crippen molar-refractivity contribution in [1.82, 2.24) is 15.5 Å². The molecule has 1 aliphatic carbocycles. The molecule has 1 saturated carbocycles. The molecule has 0 aliphatic heterocycles. The van der Waals surface area contributed by atoms with E-state index in [9.17, 15) is 18.0 Å². The van der Waals surface area contributed by atoms with Crippen molar-refractivity contribution in [3.63, 3.8) is 0 Å². The van der Waals surface area contributed by atoms with E-state index in [4.69, 9.17) is 5.73 Å². The molecule has 2 atom stereocenters. The summed E-state index contributed by atoms with van der Waals surface area (Å²) >= 11 is 0. The van der Waals surface area contributed by atoms with Gasteiger partial charge in [0.15, 0.2) is 5.69 Å². The van der Waals surface area contributed by atoms with Gasteiger partial charge in [-0.25, -0.2) is 0 Å². The van der Waals surface area contributed by atoms with Crippen molar-refractivity contribution in [2.24, 2.45) is 5.73 Å². The van der Waals surface area contributed by atoms with E-state index >= 15 is 0 Å². The highest BCUT2D eigenvalue weighted by Gasteiger charge is 2.34. The van der Waals surface area contributed by atoms with Gasteiger partial charge in [-0.2, -0.15) is 18.3 Å². The van der Waals surface area contributed by atoms with Crippen LogP contribution in [0.4, 0.5) is 13.2 Å². The molecule has 1 amide bonds. The van der Waals surface area contributed by atoms with Gasteiger partial charge in [-0.3, -0.25) is 9.89 Å². The highest BCUT2D eigenvalue weighted by atomic mass is 19.4. The lowest BCUT2D eigenvalue weighted by molar-refractivity contribution is -0.141. The number of H-pyrrole nitrogens is 1. The molecule has 0 bridgehead atoms. The quantitative estimate of drug-likeness (QED) is 0.744. The summed E-state index contributed by atoms with van der Waals surface area (Å²) in [6, 6.07) is 0.656. The summed E-state index contributed by atoms with van der Waals surface area (Å²) in [6.07, 6.45) is -2.34. The largest absolute Gasteiger partial charge is 0.432 e. The normalized spacial score (nSPS) is 24.2. The first-order valence-electron chi connectivity index (χ1n) is 5.55. The molecule has 1 aliphatic rings. The highest BCUT2D eigenvalue weighted by molar-refractivity contribution is 5.92. The molecule has 1 aromatic rings. The summed E-state index contributed by atoms with van der Waals surface area (Å²) in [6.45, 7) is 0. The number of aromatic amines is 1. The Labute approximate surface area is 101 Å². The number of alkyl halides is 3. The van der Waals surface area contributed by atoms with Crippen molar-refractivity contribution >= 4 is 5.91 Å². The van der Waals surface area contributed by atoms with E-state index in [1.54, 1.807) is 5.10 Å². The van der Waals surface area contributed by atoms with Crippen LogP contribution >= 0.6 is 0 Å². The van der Waals surface area contributed by atoms with Gasteiger partial charge in [0, 0.05) is 18.2 Å². The van der Waals surface area contributed by atoms with Crippen molar-refractivity contribution in [3.8, 4) is 0 Å². The maximum absolute atomic E-state index is 12.3. The van der Waals surface area contributed by atoms with Crippen LogP contribution in [0.25, 0.3) is 0 Å². The number of hydrogen-bond donors (Lipinski definition) is 3. The van der Waals surface area contributed by atoms with Crippen molar-refractivity contribution in [3.05, 3.63) is 17.5 Å². The van der Waals surface area contributed by atoms with Crippen LogP contribution in [-0.2, 0) is 6.18 Å². The Morgan fingerprint density at radius 1 is 1.50 bits per heavy atom. The Kier molecular flexibility index (Phi) is 3.29. The molecule has 5 nitrogen and oxygen atoms in total. The fraction of sp³-hybridized carbons (Fsp3) is 0.600. The summed E-state index contributed by atoms with van der Waals surface area (Å²) in [5.74, 6) is -0.610. The van der Waals surface area contributed by atoms with E-state index in [0.717, 1.165) is 12.8 Å². The lowest BCUT2D eigenvalue weighted by Gasteiger charge is -2.10. The van der Waals surface area contributed by atoms with E-state index in [1.165, 1.54) is 0 Å². The monoisotopic (exact) mass is 262 g/mol. The third-order valence-corrected chi connectivity index (χ3v) is 2.92. The number of amides is 1. The molecule has 0 unspecified atom stereocenters. The second kappa shape index (κ2) is 4.60. The first-order chi connectivity index (χ1) is 8.36. The molecule has 0 spiro atoms. The molecule has 100 valence electrons. The van der Waals surface area contributed by atoms with E-state index in [0.29, 0.717) is 12.5 Å². The first kappa shape index (κ1) is 12.9. The van der Waals surface area contributed by atoms with Gasteiger partial charge < -0.3 is 11.1 Å². The topological polar surface area (TPSA) is 83.8 Å². The number of halogens is 3. The predicted molar refractivity (Wildman–Crippen MR) is 56.7 cm³/mol. The van der Waals surface area contributed by atoms with E-state index in [2.05, 4.69) is 10.4 Å². The zero-order valence-corrected chi connectivity index (χ0v) is 9.42. The van der Waals surface area contributed by atoms with Crippen LogP contribution in [0, 0.1) is 0 Å². The first-order valence-corrected chi connectivity index (χ1v) is 5.55. The van der Waals surface area contributed by atoms with Gasteiger partial charge in [0.25, 0.3) is 5.91 Å². The van der Waals surface area contributed by atoms with Crippen LogP contribution in [-0.4, -0.2) is 28.2 Å². The second-order valence-corrected chi connectivity index (χ2v) is 4.41. The molecule has 2 rings (SSSR count). The molecule has 1 fully saturated rings. The number of carbonyl (C=O) groups excluding carboxylic acids is 1. The average molecular weight is 262 g/mol. The Morgan fingerprint density at radius 3 is 2.72 bits per heavy atom. The predicted octanol–water partition coefficient (Wildman–Crippen LogP) is 1.04. The average Bonchev–Trinajstić information content (AvgIpc) is 2.85. The van der Waals surface area contributed by atoms with Crippen LogP contribution in [0.15, 0.2) is 6.07 Å². The summed E-state index contributed by atoms with van der Waals surface area (Å²) in [7, 11) is 0. The lowest BCUT2D eigenvalue weighted by atomic mass is 10.2. The molecule has 1 heterocycles. The van der Waals surface area contributed by atoms with Gasteiger partial charge in [0.2, 0.25) is 0 Å². The Balaban J connectivity index is 1.99. The van der Waals surface area contributed by atoms with Gasteiger partial charge >= 0.3 is 6.18 Å². The lowest BCUT2D eigenvalue weighted by Crippen LogP contribution is -2.34. The van der Waals surface area contributed by atoms with Crippen molar-refractivity contribution in [1.29, 1.82) is 0 Å². The molecular weight excluding hydrogens is 249 g/mol. The molecule has 0 aromatic carbocycles. The zero-order valence-electron chi connectivity index (χ0n) is 9.42. The van der Waals surface area contributed by atoms with Crippen LogP contribution in [0.3, 0.4) is 0 Å². The third kappa shape index (κ3) is 2.81. The van der Waals surface area contributed by atoms with Gasteiger partial charge in [-0.1, -0.05) is 0 Å². The standard InChI is InChI=1S/C10H13F3N4O/c11-10(12,13)8-4-7(16-17-8)9(18)15-6-2-1-5(14)3-6/h4-6H,1-3,14H2,(H,15,18)(H,16,17)/t5-,6-/m0/s1. The van der Waals surface area contributed by atoms with E-state index in [1.807, 2.05) is 0 Å². The SMILES string of the molecule is N[C@H]1CC[C@H](NC(=O)c2cc(C(F)(F)F)[nH]n2)C1. The number of nitrogens with two attached hydrogens (primary N) is 1. The zero-order chi connectivity index (χ0) is 13.3. The minimum atomic E-state index is -4.53. The number of hydrogen-bond acceptors (Lipinski definition) is 3. The highest BCUT2D eigenvalue weighted by Crippen LogP contribution is 2.27. The molecule has 1 aromatic heterocycles. The van der Waals surface area contributed by atoms with Gasteiger partial charge in [-0.15, -0.1) is 0 Å². The summed E-state index contributed by atoms with van der Waals surface area (Å²) in [4.78, 5) is 11.6. The minimum Gasteiger partial charge on any atom is -0.348 e. The van der Waals surface area contributed by atoms with Crippen LogP contribution in [0.5, 0.6) is 0 Å². The maximum Gasteiger partial charge on any atom is 0.432 e. The minimum absolute atomic E-state index is 0.0419. The molecule has 18 heavy (non-hydrogen) atoms. The van der Waals surface area contributed by atoms with Crippen LogP contribution in [0.2, 0.25) is 0 Å². The third-order valence-electron chi connectivity index (χ3n) is 2.92. The number of aromatic nitrogens is 2. The van der Waals surface area contributed by atoms with E-state index < -0.39 is 17.8 Å². The summed E-state index contributed by atoms with van der Waals surface area (Å²) in [5.41, 5.74) is 4.39. The van der Waals surface area contributed by atoms with Crippen molar-refractivity contribution < 1.29 is 18.0 Å².